The Balaban J connectivity index is 1.85. The lowest BCUT2D eigenvalue weighted by Gasteiger charge is -2.23. The summed E-state index contributed by atoms with van der Waals surface area (Å²) in [4.78, 5) is 12.8. The SMILES string of the molecule is Cc1cc(NC(=O)[C@@H]2CCCN2S(=O)(=O)c2c(C)noc2C)ccc1Br. The molecule has 7 nitrogen and oxygen atoms in total. The van der Waals surface area contributed by atoms with Gasteiger partial charge in [0.25, 0.3) is 0 Å². The highest BCUT2D eigenvalue weighted by atomic mass is 79.9. The van der Waals surface area contributed by atoms with Crippen molar-refractivity contribution in [3.8, 4) is 0 Å². The fraction of sp³-hybridized carbons (Fsp3) is 0.412. The highest BCUT2D eigenvalue weighted by molar-refractivity contribution is 9.10. The van der Waals surface area contributed by atoms with Crippen molar-refractivity contribution in [2.75, 3.05) is 11.9 Å². The third-order valence-electron chi connectivity index (χ3n) is 4.47. The van der Waals surface area contributed by atoms with Gasteiger partial charge < -0.3 is 9.84 Å². The molecule has 26 heavy (non-hydrogen) atoms. The van der Waals surface area contributed by atoms with Gasteiger partial charge in [0.2, 0.25) is 15.9 Å². The van der Waals surface area contributed by atoms with Gasteiger partial charge in [-0.05, 0) is 57.4 Å². The molecule has 1 aromatic carbocycles. The van der Waals surface area contributed by atoms with Crippen LogP contribution in [0.2, 0.25) is 0 Å². The monoisotopic (exact) mass is 441 g/mol. The van der Waals surface area contributed by atoms with E-state index in [-0.39, 0.29) is 16.6 Å². The molecule has 2 heterocycles. The summed E-state index contributed by atoms with van der Waals surface area (Å²) in [6.07, 6.45) is 1.10. The Kier molecular flexibility index (Phi) is 5.23. The summed E-state index contributed by atoms with van der Waals surface area (Å²) in [5, 5.41) is 6.55. The second-order valence-electron chi connectivity index (χ2n) is 6.38. The maximum atomic E-state index is 13.0. The van der Waals surface area contributed by atoms with E-state index in [1.165, 1.54) is 4.31 Å². The normalized spacial score (nSPS) is 18.2. The minimum absolute atomic E-state index is 0.0525. The van der Waals surface area contributed by atoms with Crippen molar-refractivity contribution in [1.29, 1.82) is 0 Å². The molecule has 0 unspecified atom stereocenters. The molecule has 1 saturated heterocycles. The molecular weight excluding hydrogens is 422 g/mol. The number of hydrogen-bond acceptors (Lipinski definition) is 5. The predicted octanol–water partition coefficient (Wildman–Crippen LogP) is 3.15. The Morgan fingerprint density at radius 2 is 2.08 bits per heavy atom. The first-order valence-corrected chi connectivity index (χ1v) is 10.5. The summed E-state index contributed by atoms with van der Waals surface area (Å²) in [5.74, 6) is -0.100. The number of hydrogen-bond donors (Lipinski definition) is 1. The van der Waals surface area contributed by atoms with Crippen molar-refractivity contribution in [1.82, 2.24) is 9.46 Å². The fourth-order valence-electron chi connectivity index (χ4n) is 3.20. The summed E-state index contributed by atoms with van der Waals surface area (Å²) in [6.45, 7) is 5.36. The standard InChI is InChI=1S/C17H20BrN3O4S/c1-10-9-13(6-7-14(10)18)19-17(22)15-5-4-8-21(15)26(23,24)16-11(2)20-25-12(16)3/h6-7,9,15H,4-5,8H2,1-3H3,(H,19,22)/t15-/m0/s1. The third-order valence-corrected chi connectivity index (χ3v) is 7.51. The molecule has 1 aromatic heterocycles. The van der Waals surface area contributed by atoms with E-state index in [1.54, 1.807) is 19.9 Å². The number of amides is 1. The lowest BCUT2D eigenvalue weighted by atomic mass is 10.2. The summed E-state index contributed by atoms with van der Waals surface area (Å²) in [7, 11) is -3.85. The molecule has 140 valence electrons. The second-order valence-corrected chi connectivity index (χ2v) is 9.06. The highest BCUT2D eigenvalue weighted by Gasteiger charge is 2.41. The number of nitrogens with one attached hydrogen (secondary N) is 1. The minimum atomic E-state index is -3.85. The zero-order chi connectivity index (χ0) is 19.1. The number of anilines is 1. The molecule has 1 aliphatic rings. The molecule has 1 aliphatic heterocycles. The van der Waals surface area contributed by atoms with Crippen molar-refractivity contribution < 1.29 is 17.7 Å². The van der Waals surface area contributed by atoms with Gasteiger partial charge >= 0.3 is 0 Å². The van der Waals surface area contributed by atoms with Crippen LogP contribution in [0.5, 0.6) is 0 Å². The van der Waals surface area contributed by atoms with Gasteiger partial charge in [-0.25, -0.2) is 8.42 Å². The Bertz CT molecular complexity index is 935. The average molecular weight is 442 g/mol. The molecule has 1 atom stereocenters. The van der Waals surface area contributed by atoms with Gasteiger partial charge in [-0.2, -0.15) is 4.31 Å². The molecule has 0 aliphatic carbocycles. The number of aryl methyl sites for hydroxylation is 3. The van der Waals surface area contributed by atoms with Gasteiger partial charge in [-0.3, -0.25) is 4.79 Å². The maximum absolute atomic E-state index is 13.0. The van der Waals surface area contributed by atoms with Crippen LogP contribution in [0.4, 0.5) is 5.69 Å². The zero-order valence-electron chi connectivity index (χ0n) is 14.7. The first-order chi connectivity index (χ1) is 12.2. The second kappa shape index (κ2) is 7.13. The van der Waals surface area contributed by atoms with Crippen LogP contribution in [-0.4, -0.2) is 36.4 Å². The Hall–Kier alpha value is -1.71. The molecule has 0 bridgehead atoms. The van der Waals surface area contributed by atoms with Crippen LogP contribution in [0.3, 0.4) is 0 Å². The lowest BCUT2D eigenvalue weighted by Crippen LogP contribution is -2.43. The van der Waals surface area contributed by atoms with E-state index in [1.807, 2.05) is 19.1 Å². The Labute approximate surface area is 160 Å². The summed E-state index contributed by atoms with van der Waals surface area (Å²) < 4.78 is 33.3. The molecule has 1 fully saturated rings. The smallest absolute Gasteiger partial charge is 0.249 e. The molecular formula is C17H20BrN3O4S. The van der Waals surface area contributed by atoms with Crippen LogP contribution >= 0.6 is 15.9 Å². The van der Waals surface area contributed by atoms with Crippen molar-refractivity contribution >= 4 is 37.5 Å². The van der Waals surface area contributed by atoms with E-state index >= 15 is 0 Å². The quantitative estimate of drug-likeness (QED) is 0.786. The number of carbonyl (C=O) groups excluding carboxylic acids is 1. The summed E-state index contributed by atoms with van der Waals surface area (Å²) in [5.41, 5.74) is 1.92. The van der Waals surface area contributed by atoms with Crippen molar-refractivity contribution in [3.63, 3.8) is 0 Å². The first-order valence-electron chi connectivity index (χ1n) is 8.23. The van der Waals surface area contributed by atoms with E-state index in [2.05, 4.69) is 26.4 Å². The van der Waals surface area contributed by atoms with Crippen LogP contribution in [0.25, 0.3) is 0 Å². The Morgan fingerprint density at radius 3 is 2.69 bits per heavy atom. The molecule has 0 saturated carbocycles. The van der Waals surface area contributed by atoms with Crippen molar-refractivity contribution in [2.24, 2.45) is 0 Å². The van der Waals surface area contributed by atoms with Crippen LogP contribution in [-0.2, 0) is 14.8 Å². The number of rotatable bonds is 4. The minimum Gasteiger partial charge on any atom is -0.360 e. The molecule has 0 spiro atoms. The first kappa shape index (κ1) is 19.1. The molecule has 1 amide bonds. The van der Waals surface area contributed by atoms with Gasteiger partial charge in [0.15, 0.2) is 5.76 Å². The molecule has 2 aromatic rings. The summed E-state index contributed by atoms with van der Waals surface area (Å²) >= 11 is 3.42. The van der Waals surface area contributed by atoms with E-state index in [9.17, 15) is 13.2 Å². The molecule has 9 heteroatoms. The van der Waals surface area contributed by atoms with Gasteiger partial charge in [-0.1, -0.05) is 21.1 Å². The van der Waals surface area contributed by atoms with Crippen LogP contribution in [0.15, 0.2) is 32.1 Å². The van der Waals surface area contributed by atoms with Crippen LogP contribution < -0.4 is 5.32 Å². The largest absolute Gasteiger partial charge is 0.360 e. The van der Waals surface area contributed by atoms with Gasteiger partial charge in [0.05, 0.1) is 0 Å². The Morgan fingerprint density at radius 1 is 1.35 bits per heavy atom. The molecule has 1 N–H and O–H groups in total. The lowest BCUT2D eigenvalue weighted by molar-refractivity contribution is -0.119. The molecule has 3 rings (SSSR count). The fourth-order valence-corrected chi connectivity index (χ4v) is 5.40. The topological polar surface area (TPSA) is 92.5 Å². The highest BCUT2D eigenvalue weighted by Crippen LogP contribution is 2.30. The predicted molar refractivity (Wildman–Crippen MR) is 100 cm³/mol. The van der Waals surface area contributed by atoms with E-state index in [0.717, 1.165) is 10.0 Å². The van der Waals surface area contributed by atoms with Gasteiger partial charge in [0.1, 0.15) is 16.6 Å². The third kappa shape index (κ3) is 3.43. The average Bonchev–Trinajstić information content (AvgIpc) is 3.18. The number of nitrogens with zero attached hydrogens (tertiary/aromatic N) is 2. The maximum Gasteiger partial charge on any atom is 0.249 e. The van der Waals surface area contributed by atoms with E-state index < -0.39 is 16.1 Å². The number of carbonyl (C=O) groups is 1. The van der Waals surface area contributed by atoms with Gasteiger partial charge in [-0.15, -0.1) is 0 Å². The van der Waals surface area contributed by atoms with Gasteiger partial charge in [0, 0.05) is 16.7 Å². The van der Waals surface area contributed by atoms with Crippen molar-refractivity contribution in [2.45, 2.75) is 44.6 Å². The summed E-state index contributed by atoms with van der Waals surface area (Å²) in [6, 6.07) is 4.71. The molecule has 0 radical (unpaired) electrons. The van der Waals surface area contributed by atoms with E-state index in [0.29, 0.717) is 30.8 Å². The number of halogens is 1. The van der Waals surface area contributed by atoms with Crippen LogP contribution in [0, 0.1) is 20.8 Å². The number of aromatic nitrogens is 1. The van der Waals surface area contributed by atoms with Crippen LogP contribution in [0.1, 0.15) is 29.9 Å². The van der Waals surface area contributed by atoms with Crippen molar-refractivity contribution in [3.05, 3.63) is 39.7 Å². The zero-order valence-corrected chi connectivity index (χ0v) is 17.1. The number of sulfonamides is 1. The van der Waals surface area contributed by atoms with E-state index in [4.69, 9.17) is 4.52 Å². The number of benzene rings is 1.